The molecule has 0 aliphatic carbocycles. The van der Waals surface area contributed by atoms with E-state index in [1.54, 1.807) is 29.5 Å². The summed E-state index contributed by atoms with van der Waals surface area (Å²) in [5.74, 6) is -0.771. The van der Waals surface area contributed by atoms with Gasteiger partial charge in [-0.15, -0.1) is 11.3 Å². The number of rotatable bonds is 4. The van der Waals surface area contributed by atoms with Crippen molar-refractivity contribution >= 4 is 28.8 Å². The van der Waals surface area contributed by atoms with Gasteiger partial charge in [0, 0.05) is 28.2 Å². The van der Waals surface area contributed by atoms with Crippen molar-refractivity contribution in [1.29, 1.82) is 0 Å². The van der Waals surface area contributed by atoms with E-state index in [9.17, 15) is 22.8 Å². The summed E-state index contributed by atoms with van der Waals surface area (Å²) in [4.78, 5) is 26.2. The normalized spacial score (nSPS) is 12.9. The van der Waals surface area contributed by atoms with Gasteiger partial charge in [0.15, 0.2) is 0 Å². The first-order valence-electron chi connectivity index (χ1n) is 10.4. The van der Waals surface area contributed by atoms with Crippen molar-refractivity contribution in [1.82, 2.24) is 5.32 Å². The predicted molar refractivity (Wildman–Crippen MR) is 126 cm³/mol. The number of alkyl halides is 3. The molecule has 5 rings (SSSR count). The van der Waals surface area contributed by atoms with Gasteiger partial charge in [-0.3, -0.25) is 9.59 Å². The van der Waals surface area contributed by atoms with Crippen LogP contribution in [0.15, 0.2) is 78.2 Å². The first kappa shape index (κ1) is 21.9. The van der Waals surface area contributed by atoms with Gasteiger partial charge in [0.2, 0.25) is 0 Å². The number of hydrogen-bond acceptors (Lipinski definition) is 3. The molecule has 1 aromatic heterocycles. The Morgan fingerprint density at radius 3 is 2.50 bits per heavy atom. The maximum absolute atomic E-state index is 13.0. The highest BCUT2D eigenvalue weighted by molar-refractivity contribution is 7.13. The number of fused-ring (bicyclic) bond motifs is 1. The molecule has 2 heterocycles. The van der Waals surface area contributed by atoms with Crippen LogP contribution in [0, 0.1) is 0 Å². The number of nitrogens with one attached hydrogen (secondary N) is 2. The Balaban J connectivity index is 1.47. The molecule has 1 aliphatic rings. The second-order valence-electron chi connectivity index (χ2n) is 7.79. The number of carbonyl (C=O) groups excluding carboxylic acids is 2. The van der Waals surface area contributed by atoms with Gasteiger partial charge in [-0.2, -0.15) is 13.2 Å². The summed E-state index contributed by atoms with van der Waals surface area (Å²) in [5, 5.41) is 7.51. The standard InChI is InChI=1S/C26H17F3N2O2S/c27-26(28,29)17-6-1-5-16(12-17)24(32)31-18-7-2-4-15(13-18)19-9-10-20(22-8-3-11-34-22)23-21(19)14-30-25(23)33/h1-13H,14H2,(H,30,33)(H,31,32). The van der Waals surface area contributed by atoms with E-state index in [0.717, 1.165) is 39.3 Å². The summed E-state index contributed by atoms with van der Waals surface area (Å²) in [6.45, 7) is 0.392. The fourth-order valence-electron chi connectivity index (χ4n) is 4.06. The Labute approximate surface area is 197 Å². The first-order valence-corrected chi connectivity index (χ1v) is 11.3. The highest BCUT2D eigenvalue weighted by Crippen LogP contribution is 2.38. The number of halogens is 3. The zero-order valence-corrected chi connectivity index (χ0v) is 18.4. The summed E-state index contributed by atoms with van der Waals surface area (Å²) in [7, 11) is 0. The van der Waals surface area contributed by atoms with Crippen LogP contribution in [0.4, 0.5) is 18.9 Å². The average Bonchev–Trinajstić information content (AvgIpc) is 3.49. The van der Waals surface area contributed by atoms with Crippen molar-refractivity contribution < 1.29 is 22.8 Å². The van der Waals surface area contributed by atoms with Gasteiger partial charge in [-0.25, -0.2) is 0 Å². The number of amides is 2. The van der Waals surface area contributed by atoms with Crippen molar-refractivity contribution in [2.45, 2.75) is 12.7 Å². The summed E-state index contributed by atoms with van der Waals surface area (Å²) in [5.41, 5.74) is 3.49. The number of thiophene rings is 1. The highest BCUT2D eigenvalue weighted by atomic mass is 32.1. The lowest BCUT2D eigenvalue weighted by Gasteiger charge is -2.13. The van der Waals surface area contributed by atoms with Crippen molar-refractivity contribution in [3.63, 3.8) is 0 Å². The molecule has 0 unspecified atom stereocenters. The van der Waals surface area contributed by atoms with Crippen LogP contribution >= 0.6 is 11.3 Å². The molecule has 0 spiro atoms. The van der Waals surface area contributed by atoms with Crippen LogP contribution in [-0.4, -0.2) is 11.8 Å². The number of anilines is 1. The third kappa shape index (κ3) is 4.08. The molecule has 3 aromatic carbocycles. The molecular weight excluding hydrogens is 461 g/mol. The summed E-state index contributed by atoms with van der Waals surface area (Å²) < 4.78 is 39.0. The second-order valence-corrected chi connectivity index (χ2v) is 8.74. The third-order valence-corrected chi connectivity index (χ3v) is 6.54. The van der Waals surface area contributed by atoms with Crippen LogP contribution in [-0.2, 0) is 12.7 Å². The minimum absolute atomic E-state index is 0.0868. The van der Waals surface area contributed by atoms with Crippen molar-refractivity contribution in [2.24, 2.45) is 0 Å². The molecule has 0 saturated heterocycles. The Morgan fingerprint density at radius 1 is 0.941 bits per heavy atom. The fraction of sp³-hybridized carbons (Fsp3) is 0.0769. The summed E-state index contributed by atoms with van der Waals surface area (Å²) in [6.07, 6.45) is -4.53. The zero-order valence-electron chi connectivity index (χ0n) is 17.6. The minimum atomic E-state index is -4.53. The molecule has 4 nitrogen and oxygen atoms in total. The van der Waals surface area contributed by atoms with Gasteiger partial charge in [-0.05, 0) is 58.5 Å². The number of hydrogen-bond donors (Lipinski definition) is 2. The molecule has 1 aliphatic heterocycles. The van der Waals surface area contributed by atoms with E-state index in [-0.39, 0.29) is 11.5 Å². The Morgan fingerprint density at radius 2 is 1.74 bits per heavy atom. The van der Waals surface area contributed by atoms with Crippen LogP contribution in [0.5, 0.6) is 0 Å². The average molecular weight is 478 g/mol. The van der Waals surface area contributed by atoms with Crippen molar-refractivity contribution in [3.8, 4) is 21.6 Å². The quantitative estimate of drug-likeness (QED) is 0.347. The monoisotopic (exact) mass is 478 g/mol. The van der Waals surface area contributed by atoms with Gasteiger partial charge in [-0.1, -0.05) is 36.4 Å². The van der Waals surface area contributed by atoms with Crippen LogP contribution < -0.4 is 10.6 Å². The summed E-state index contributed by atoms with van der Waals surface area (Å²) in [6, 6.07) is 19.1. The molecule has 2 amide bonds. The van der Waals surface area contributed by atoms with Crippen molar-refractivity contribution in [3.05, 3.63) is 100 Å². The molecule has 8 heteroatoms. The van der Waals surface area contributed by atoms with Gasteiger partial charge < -0.3 is 10.6 Å². The third-order valence-electron chi connectivity index (χ3n) is 5.64. The largest absolute Gasteiger partial charge is 0.416 e. The Hall–Kier alpha value is -3.91. The van der Waals surface area contributed by atoms with Crippen LogP contribution in [0.1, 0.15) is 31.8 Å². The van der Waals surface area contributed by atoms with E-state index in [1.807, 2.05) is 35.7 Å². The minimum Gasteiger partial charge on any atom is -0.348 e. The lowest BCUT2D eigenvalue weighted by molar-refractivity contribution is -0.137. The van der Waals surface area contributed by atoms with Crippen LogP contribution in [0.2, 0.25) is 0 Å². The number of benzene rings is 3. The number of carbonyl (C=O) groups is 2. The molecule has 0 saturated carbocycles. The fourth-order valence-corrected chi connectivity index (χ4v) is 4.82. The molecule has 34 heavy (non-hydrogen) atoms. The molecule has 2 N–H and O–H groups in total. The Kier molecular flexibility index (Phi) is 5.45. The van der Waals surface area contributed by atoms with Gasteiger partial charge in [0.1, 0.15) is 0 Å². The van der Waals surface area contributed by atoms with E-state index < -0.39 is 17.6 Å². The maximum Gasteiger partial charge on any atom is 0.416 e. The van der Waals surface area contributed by atoms with E-state index in [4.69, 9.17) is 0 Å². The predicted octanol–water partition coefficient (Wildman–Crippen LogP) is 6.60. The molecule has 4 aromatic rings. The van der Waals surface area contributed by atoms with Gasteiger partial charge >= 0.3 is 6.18 Å². The molecule has 0 fully saturated rings. The zero-order chi connectivity index (χ0) is 23.9. The second kappa shape index (κ2) is 8.46. The molecule has 0 bridgehead atoms. The summed E-state index contributed by atoms with van der Waals surface area (Å²) >= 11 is 1.56. The Bertz CT molecular complexity index is 1410. The lowest BCUT2D eigenvalue weighted by atomic mass is 9.92. The lowest BCUT2D eigenvalue weighted by Crippen LogP contribution is -2.14. The van der Waals surface area contributed by atoms with E-state index >= 15 is 0 Å². The maximum atomic E-state index is 13.0. The van der Waals surface area contributed by atoms with E-state index in [1.165, 1.54) is 12.1 Å². The molecule has 0 atom stereocenters. The molecule has 170 valence electrons. The van der Waals surface area contributed by atoms with E-state index in [0.29, 0.717) is 17.8 Å². The first-order chi connectivity index (χ1) is 16.3. The smallest absolute Gasteiger partial charge is 0.348 e. The van der Waals surface area contributed by atoms with Crippen molar-refractivity contribution in [2.75, 3.05) is 5.32 Å². The van der Waals surface area contributed by atoms with Gasteiger partial charge in [0.25, 0.3) is 11.8 Å². The van der Waals surface area contributed by atoms with Crippen LogP contribution in [0.25, 0.3) is 21.6 Å². The molecule has 0 radical (unpaired) electrons. The highest BCUT2D eigenvalue weighted by Gasteiger charge is 2.31. The SMILES string of the molecule is O=C(Nc1cccc(-c2ccc(-c3cccs3)c3c2CNC3=O)c1)c1cccc(C(F)(F)F)c1. The van der Waals surface area contributed by atoms with Crippen LogP contribution in [0.3, 0.4) is 0 Å². The molecular formula is C26H17F3N2O2S. The van der Waals surface area contributed by atoms with Gasteiger partial charge in [0.05, 0.1) is 11.1 Å². The van der Waals surface area contributed by atoms with E-state index in [2.05, 4.69) is 10.6 Å². The topological polar surface area (TPSA) is 58.2 Å².